The molecule has 0 radical (unpaired) electrons. The third kappa shape index (κ3) is 7.57. The Morgan fingerprint density at radius 2 is 1.93 bits per heavy atom. The number of carbonyl (C=O) groups is 2. The van der Waals surface area contributed by atoms with Gasteiger partial charge in [-0.05, 0) is 49.2 Å². The van der Waals surface area contributed by atoms with Crippen LogP contribution in [0.4, 0.5) is 10.5 Å². The number of carbonyl (C=O) groups excluding carboxylic acids is 1. The van der Waals surface area contributed by atoms with E-state index in [0.29, 0.717) is 22.9 Å². The highest BCUT2D eigenvalue weighted by Gasteiger charge is 2.20. The van der Waals surface area contributed by atoms with Crippen molar-refractivity contribution in [3.8, 4) is 5.75 Å². The third-order valence-electron chi connectivity index (χ3n) is 4.15. The summed E-state index contributed by atoms with van der Waals surface area (Å²) in [5.41, 5.74) is 2.14. The van der Waals surface area contributed by atoms with Crippen molar-refractivity contribution in [3.63, 3.8) is 0 Å². The second kappa shape index (κ2) is 11.4. The molecule has 2 aromatic rings. The van der Waals surface area contributed by atoms with Gasteiger partial charge >= 0.3 is 12.1 Å². The number of hydrogen-bond donors (Lipinski definition) is 2. The van der Waals surface area contributed by atoms with Crippen molar-refractivity contribution in [2.45, 2.75) is 38.9 Å². The summed E-state index contributed by atoms with van der Waals surface area (Å²) in [7, 11) is 1.55. The second-order valence-electron chi connectivity index (χ2n) is 6.88. The van der Waals surface area contributed by atoms with Crippen LogP contribution in [0, 0.1) is 0 Å². The van der Waals surface area contributed by atoms with Crippen LogP contribution >= 0.6 is 11.6 Å². The van der Waals surface area contributed by atoms with Gasteiger partial charge in [0.25, 0.3) is 0 Å². The van der Waals surface area contributed by atoms with E-state index in [1.807, 2.05) is 6.07 Å². The Kier molecular flexibility index (Phi) is 8.95. The molecular weight excluding hydrogens is 410 g/mol. The van der Waals surface area contributed by atoms with Crippen LogP contribution in [0.25, 0.3) is 0 Å². The number of benzene rings is 2. The number of halogens is 1. The normalized spacial score (nSPS) is 11.8. The maximum absolute atomic E-state index is 12.0. The highest BCUT2D eigenvalue weighted by molar-refractivity contribution is 6.30. The van der Waals surface area contributed by atoms with Crippen molar-refractivity contribution in [1.29, 1.82) is 0 Å². The first-order chi connectivity index (χ1) is 14.3. The molecule has 0 aliphatic heterocycles. The molecule has 2 rings (SSSR count). The smallest absolute Gasteiger partial charge is 0.411 e. The average molecular weight is 436 g/mol. The standard InChI is InChI=1S/C22H26ClNO6/c1-14(2)30-20(21(25)26)12-15-7-8-19(28-3)16(11-15)9-10-29-22(27)24-18-6-4-5-17(23)13-18/h4-8,11,13-14,20H,9-10,12H2,1-3H3,(H,24,27)(H,25,26). The number of nitrogens with one attached hydrogen (secondary N) is 1. The molecule has 2 N–H and O–H groups in total. The molecule has 162 valence electrons. The minimum atomic E-state index is -1.01. The summed E-state index contributed by atoms with van der Waals surface area (Å²) in [4.78, 5) is 23.4. The maximum Gasteiger partial charge on any atom is 0.411 e. The lowest BCUT2D eigenvalue weighted by Crippen LogP contribution is -2.29. The van der Waals surface area contributed by atoms with E-state index in [1.165, 1.54) is 0 Å². The van der Waals surface area contributed by atoms with Gasteiger partial charge in [-0.2, -0.15) is 0 Å². The lowest BCUT2D eigenvalue weighted by molar-refractivity contribution is -0.153. The Hall–Kier alpha value is -2.77. The van der Waals surface area contributed by atoms with Crippen LogP contribution in [-0.4, -0.2) is 43.1 Å². The summed E-state index contributed by atoms with van der Waals surface area (Å²) in [5, 5.41) is 12.5. The van der Waals surface area contributed by atoms with E-state index in [1.54, 1.807) is 57.4 Å². The zero-order valence-corrected chi connectivity index (χ0v) is 17.9. The van der Waals surface area contributed by atoms with E-state index in [9.17, 15) is 14.7 Å². The van der Waals surface area contributed by atoms with Gasteiger partial charge in [0.1, 0.15) is 5.75 Å². The molecule has 1 amide bonds. The van der Waals surface area contributed by atoms with Gasteiger partial charge in [0.2, 0.25) is 0 Å². The summed E-state index contributed by atoms with van der Waals surface area (Å²) in [5.74, 6) is -0.378. The van der Waals surface area contributed by atoms with Crippen LogP contribution in [0.1, 0.15) is 25.0 Å². The van der Waals surface area contributed by atoms with E-state index in [0.717, 1.165) is 11.1 Å². The minimum Gasteiger partial charge on any atom is -0.496 e. The summed E-state index contributed by atoms with van der Waals surface area (Å²) >= 11 is 5.89. The van der Waals surface area contributed by atoms with Gasteiger partial charge in [-0.3, -0.25) is 5.32 Å². The van der Waals surface area contributed by atoms with Crippen molar-refractivity contribution < 1.29 is 28.9 Å². The molecule has 8 heteroatoms. The number of rotatable bonds is 10. The zero-order valence-electron chi connectivity index (χ0n) is 17.2. The van der Waals surface area contributed by atoms with Crippen LogP contribution in [0.5, 0.6) is 5.75 Å². The lowest BCUT2D eigenvalue weighted by atomic mass is 10.0. The van der Waals surface area contributed by atoms with Crippen molar-refractivity contribution >= 4 is 29.4 Å². The van der Waals surface area contributed by atoms with Crippen molar-refractivity contribution in [2.75, 3.05) is 19.0 Å². The first-order valence-corrected chi connectivity index (χ1v) is 9.89. The molecule has 0 aliphatic carbocycles. The fourth-order valence-electron chi connectivity index (χ4n) is 2.86. The fraction of sp³-hybridized carbons (Fsp3) is 0.364. The Bertz CT molecular complexity index is 870. The van der Waals surface area contributed by atoms with Crippen molar-refractivity contribution in [2.24, 2.45) is 0 Å². The van der Waals surface area contributed by atoms with Gasteiger partial charge in [-0.15, -0.1) is 0 Å². The SMILES string of the molecule is COc1ccc(CC(OC(C)C)C(=O)O)cc1CCOC(=O)Nc1cccc(Cl)c1. The Balaban J connectivity index is 1.97. The van der Waals surface area contributed by atoms with Gasteiger partial charge in [-0.1, -0.05) is 29.8 Å². The molecule has 0 fully saturated rings. The number of hydrogen-bond acceptors (Lipinski definition) is 5. The topological polar surface area (TPSA) is 94.1 Å². The predicted octanol–water partition coefficient (Wildman–Crippen LogP) is 4.56. The molecule has 0 saturated heterocycles. The maximum atomic E-state index is 12.0. The molecule has 0 bridgehead atoms. The number of carboxylic acids is 1. The number of ether oxygens (including phenoxy) is 3. The van der Waals surface area contributed by atoms with Gasteiger partial charge < -0.3 is 19.3 Å². The van der Waals surface area contributed by atoms with Crippen LogP contribution < -0.4 is 10.1 Å². The molecule has 30 heavy (non-hydrogen) atoms. The molecule has 0 spiro atoms. The first kappa shape index (κ1) is 23.5. The van der Waals surface area contributed by atoms with Crippen LogP contribution in [0.2, 0.25) is 5.02 Å². The Morgan fingerprint density at radius 1 is 1.17 bits per heavy atom. The van der Waals surface area contributed by atoms with E-state index in [-0.39, 0.29) is 19.1 Å². The third-order valence-corrected chi connectivity index (χ3v) is 4.39. The summed E-state index contributed by atoms with van der Waals surface area (Å²) in [6.07, 6.45) is -1.10. The van der Waals surface area contributed by atoms with Gasteiger partial charge in [-0.25, -0.2) is 9.59 Å². The molecular formula is C22H26ClNO6. The number of aliphatic carboxylic acids is 1. The van der Waals surface area contributed by atoms with E-state index in [4.69, 9.17) is 25.8 Å². The molecule has 1 unspecified atom stereocenters. The molecule has 0 aromatic heterocycles. The highest BCUT2D eigenvalue weighted by atomic mass is 35.5. The fourth-order valence-corrected chi connectivity index (χ4v) is 3.05. The first-order valence-electron chi connectivity index (χ1n) is 9.52. The molecule has 0 saturated carbocycles. The zero-order chi connectivity index (χ0) is 22.1. The van der Waals surface area contributed by atoms with Crippen molar-refractivity contribution in [3.05, 3.63) is 58.6 Å². The molecule has 7 nitrogen and oxygen atoms in total. The number of anilines is 1. The minimum absolute atomic E-state index is 0.122. The van der Waals surface area contributed by atoms with Crippen molar-refractivity contribution in [1.82, 2.24) is 0 Å². The average Bonchev–Trinajstić information content (AvgIpc) is 2.67. The van der Waals surface area contributed by atoms with Gasteiger partial charge in [0.05, 0.1) is 19.8 Å². The summed E-state index contributed by atoms with van der Waals surface area (Å²) in [6, 6.07) is 12.2. The molecule has 2 aromatic carbocycles. The van der Waals surface area contributed by atoms with E-state index >= 15 is 0 Å². The van der Waals surface area contributed by atoms with Crippen LogP contribution in [0.15, 0.2) is 42.5 Å². The van der Waals surface area contributed by atoms with Crippen LogP contribution in [-0.2, 0) is 27.1 Å². The summed E-state index contributed by atoms with van der Waals surface area (Å²) < 4.78 is 16.1. The predicted molar refractivity (Wildman–Crippen MR) is 114 cm³/mol. The highest BCUT2D eigenvalue weighted by Crippen LogP contribution is 2.22. The van der Waals surface area contributed by atoms with Gasteiger partial charge in [0, 0.05) is 23.6 Å². The number of carboxylic acid groups (broad SMARTS) is 1. The molecule has 1 atom stereocenters. The monoisotopic (exact) mass is 435 g/mol. The largest absolute Gasteiger partial charge is 0.496 e. The quantitative estimate of drug-likeness (QED) is 0.568. The Labute approximate surface area is 180 Å². The van der Waals surface area contributed by atoms with E-state index in [2.05, 4.69) is 5.32 Å². The molecule has 0 heterocycles. The lowest BCUT2D eigenvalue weighted by Gasteiger charge is -2.17. The molecule has 0 aliphatic rings. The number of amides is 1. The Morgan fingerprint density at radius 3 is 2.57 bits per heavy atom. The van der Waals surface area contributed by atoms with Crippen LogP contribution in [0.3, 0.4) is 0 Å². The number of methoxy groups -OCH3 is 1. The summed E-state index contributed by atoms with van der Waals surface area (Å²) in [6.45, 7) is 3.71. The second-order valence-corrected chi connectivity index (χ2v) is 7.32. The van der Waals surface area contributed by atoms with Gasteiger partial charge in [0.15, 0.2) is 6.10 Å². The van der Waals surface area contributed by atoms with E-state index < -0.39 is 18.2 Å².